The van der Waals surface area contributed by atoms with Crippen LogP contribution in [0.1, 0.15) is 18.5 Å². The Kier molecular flexibility index (Phi) is 4.09. The van der Waals surface area contributed by atoms with Crippen molar-refractivity contribution in [3.05, 3.63) is 64.7 Å². The highest BCUT2D eigenvalue weighted by Gasteiger charge is 2.18. The van der Waals surface area contributed by atoms with Gasteiger partial charge in [-0.3, -0.25) is 14.6 Å². The van der Waals surface area contributed by atoms with Crippen molar-refractivity contribution in [3.8, 4) is 0 Å². The molecular formula is C16H15N5O2. The van der Waals surface area contributed by atoms with Crippen LogP contribution in [-0.2, 0) is 11.3 Å². The lowest BCUT2D eigenvalue weighted by molar-refractivity contribution is -0.124. The first-order chi connectivity index (χ1) is 11.2. The van der Waals surface area contributed by atoms with E-state index in [1.165, 1.54) is 0 Å². The van der Waals surface area contributed by atoms with Crippen molar-refractivity contribution in [2.24, 2.45) is 0 Å². The van der Waals surface area contributed by atoms with Gasteiger partial charge in [0.05, 0.1) is 5.39 Å². The van der Waals surface area contributed by atoms with Crippen LogP contribution < -0.4 is 10.9 Å². The molecule has 23 heavy (non-hydrogen) atoms. The lowest BCUT2D eigenvalue weighted by atomic mass is 10.2. The summed E-state index contributed by atoms with van der Waals surface area (Å²) in [7, 11) is 0. The van der Waals surface area contributed by atoms with E-state index < -0.39 is 6.04 Å². The van der Waals surface area contributed by atoms with Crippen LogP contribution in [-0.4, -0.2) is 25.9 Å². The summed E-state index contributed by atoms with van der Waals surface area (Å²) in [6.45, 7) is 1.98. The molecule has 0 bridgehead atoms. The maximum atomic E-state index is 12.4. The monoisotopic (exact) mass is 309 g/mol. The molecule has 1 unspecified atom stereocenters. The Morgan fingerprint density at radius 3 is 2.74 bits per heavy atom. The SMILES string of the molecule is CC(C(=O)NCc1ccncc1)n1nnc2ccccc2c1=O. The van der Waals surface area contributed by atoms with Gasteiger partial charge in [0.25, 0.3) is 5.56 Å². The summed E-state index contributed by atoms with van der Waals surface area (Å²) in [4.78, 5) is 28.6. The van der Waals surface area contributed by atoms with Gasteiger partial charge in [-0.1, -0.05) is 17.3 Å². The highest BCUT2D eigenvalue weighted by atomic mass is 16.2. The van der Waals surface area contributed by atoms with E-state index in [9.17, 15) is 9.59 Å². The van der Waals surface area contributed by atoms with Gasteiger partial charge in [-0.2, -0.15) is 4.68 Å². The lowest BCUT2D eigenvalue weighted by Crippen LogP contribution is -2.37. The second-order valence-corrected chi connectivity index (χ2v) is 5.11. The van der Waals surface area contributed by atoms with Crippen LogP contribution in [0.15, 0.2) is 53.6 Å². The molecule has 0 fully saturated rings. The largest absolute Gasteiger partial charge is 0.350 e. The maximum Gasteiger partial charge on any atom is 0.278 e. The first kappa shape index (κ1) is 14.8. The van der Waals surface area contributed by atoms with Crippen LogP contribution in [0, 0.1) is 0 Å². The third-order valence-corrected chi connectivity index (χ3v) is 3.55. The molecule has 7 heteroatoms. The molecule has 2 aromatic heterocycles. The standard InChI is InChI=1S/C16H15N5O2/c1-11(15(22)18-10-12-6-8-17-9-7-12)21-16(23)13-4-2-3-5-14(13)19-20-21/h2-9,11H,10H2,1H3,(H,18,22). The van der Waals surface area contributed by atoms with Crippen LogP contribution in [0.4, 0.5) is 0 Å². The molecule has 0 aliphatic carbocycles. The molecule has 0 saturated heterocycles. The van der Waals surface area contributed by atoms with Crippen molar-refractivity contribution in [3.63, 3.8) is 0 Å². The minimum absolute atomic E-state index is 0.298. The molecule has 1 amide bonds. The molecule has 3 rings (SSSR count). The summed E-state index contributed by atoms with van der Waals surface area (Å²) in [5, 5.41) is 11.1. The molecule has 1 N–H and O–H groups in total. The number of nitrogens with zero attached hydrogens (tertiary/aromatic N) is 4. The highest BCUT2D eigenvalue weighted by molar-refractivity contribution is 5.81. The molecule has 116 valence electrons. The number of benzene rings is 1. The van der Waals surface area contributed by atoms with Gasteiger partial charge in [-0.25, -0.2) is 0 Å². The summed E-state index contributed by atoms with van der Waals surface area (Å²) >= 11 is 0. The maximum absolute atomic E-state index is 12.4. The summed E-state index contributed by atoms with van der Waals surface area (Å²) < 4.78 is 1.10. The fourth-order valence-corrected chi connectivity index (χ4v) is 2.20. The van der Waals surface area contributed by atoms with Crippen molar-refractivity contribution in [1.82, 2.24) is 25.3 Å². The number of nitrogens with one attached hydrogen (secondary N) is 1. The van der Waals surface area contributed by atoms with Crippen molar-refractivity contribution in [2.45, 2.75) is 19.5 Å². The fourth-order valence-electron chi connectivity index (χ4n) is 2.20. The van der Waals surface area contributed by atoms with E-state index in [2.05, 4.69) is 20.6 Å². The van der Waals surface area contributed by atoms with Gasteiger partial charge >= 0.3 is 0 Å². The summed E-state index contributed by atoms with van der Waals surface area (Å²) in [6.07, 6.45) is 3.31. The van der Waals surface area contributed by atoms with E-state index in [1.54, 1.807) is 43.6 Å². The zero-order valence-corrected chi connectivity index (χ0v) is 12.5. The average Bonchev–Trinajstić information content (AvgIpc) is 2.60. The van der Waals surface area contributed by atoms with Gasteiger partial charge in [-0.05, 0) is 36.8 Å². The minimum atomic E-state index is -0.749. The van der Waals surface area contributed by atoms with Gasteiger partial charge in [-0.15, -0.1) is 5.10 Å². The first-order valence-corrected chi connectivity index (χ1v) is 7.17. The molecule has 1 aromatic carbocycles. The van der Waals surface area contributed by atoms with Crippen LogP contribution in [0.25, 0.3) is 10.9 Å². The molecule has 7 nitrogen and oxygen atoms in total. The molecule has 0 radical (unpaired) electrons. The Bertz CT molecular complexity index is 892. The number of carbonyl (C=O) groups excluding carboxylic acids is 1. The van der Waals surface area contributed by atoms with Crippen LogP contribution in [0.3, 0.4) is 0 Å². The first-order valence-electron chi connectivity index (χ1n) is 7.17. The van der Waals surface area contributed by atoms with Crippen molar-refractivity contribution >= 4 is 16.8 Å². The van der Waals surface area contributed by atoms with Crippen LogP contribution >= 0.6 is 0 Å². The van der Waals surface area contributed by atoms with Gasteiger partial charge in [0, 0.05) is 18.9 Å². The van der Waals surface area contributed by atoms with E-state index in [4.69, 9.17) is 0 Å². The zero-order chi connectivity index (χ0) is 16.2. The van der Waals surface area contributed by atoms with E-state index in [0.717, 1.165) is 10.2 Å². The van der Waals surface area contributed by atoms with Crippen molar-refractivity contribution in [1.29, 1.82) is 0 Å². The molecule has 3 aromatic rings. The van der Waals surface area contributed by atoms with E-state index in [0.29, 0.717) is 17.4 Å². The third kappa shape index (κ3) is 3.08. The summed E-state index contributed by atoms with van der Waals surface area (Å²) in [5.74, 6) is -0.298. The molecule has 1 atom stereocenters. The quantitative estimate of drug-likeness (QED) is 0.778. The van der Waals surface area contributed by atoms with Gasteiger partial charge in [0.15, 0.2) is 0 Å². The Balaban J connectivity index is 1.80. The van der Waals surface area contributed by atoms with Crippen molar-refractivity contribution in [2.75, 3.05) is 0 Å². The van der Waals surface area contributed by atoms with E-state index in [-0.39, 0.29) is 11.5 Å². The normalized spacial score (nSPS) is 12.0. The van der Waals surface area contributed by atoms with Gasteiger partial charge < -0.3 is 5.32 Å². The Hall–Kier alpha value is -3.09. The number of hydrogen-bond donors (Lipinski definition) is 1. The van der Waals surface area contributed by atoms with E-state index in [1.807, 2.05) is 12.1 Å². The number of amides is 1. The minimum Gasteiger partial charge on any atom is -0.350 e. The Morgan fingerprint density at radius 1 is 1.22 bits per heavy atom. The van der Waals surface area contributed by atoms with Gasteiger partial charge in [0.1, 0.15) is 11.6 Å². The van der Waals surface area contributed by atoms with Gasteiger partial charge in [0.2, 0.25) is 5.91 Å². The number of fused-ring (bicyclic) bond motifs is 1. The van der Waals surface area contributed by atoms with Crippen LogP contribution in [0.2, 0.25) is 0 Å². The van der Waals surface area contributed by atoms with E-state index >= 15 is 0 Å². The smallest absolute Gasteiger partial charge is 0.278 e. The highest BCUT2D eigenvalue weighted by Crippen LogP contribution is 2.07. The number of pyridine rings is 1. The summed E-state index contributed by atoms with van der Waals surface area (Å²) in [5.41, 5.74) is 1.11. The second kappa shape index (κ2) is 6.35. The molecule has 2 heterocycles. The lowest BCUT2D eigenvalue weighted by Gasteiger charge is -2.13. The second-order valence-electron chi connectivity index (χ2n) is 5.11. The molecular weight excluding hydrogens is 294 g/mol. The number of carbonyl (C=O) groups is 1. The summed E-state index contributed by atoms with van der Waals surface area (Å²) in [6, 6.07) is 9.80. The molecule has 0 aliphatic rings. The van der Waals surface area contributed by atoms with Crippen molar-refractivity contribution < 1.29 is 4.79 Å². The average molecular weight is 309 g/mol. The van der Waals surface area contributed by atoms with Crippen LogP contribution in [0.5, 0.6) is 0 Å². The molecule has 0 aliphatic heterocycles. The predicted molar refractivity (Wildman–Crippen MR) is 84.6 cm³/mol. The molecule has 0 saturated carbocycles. The number of aromatic nitrogens is 4. The topological polar surface area (TPSA) is 89.8 Å². The fraction of sp³-hybridized carbons (Fsp3) is 0.188. The Morgan fingerprint density at radius 2 is 1.96 bits per heavy atom. The number of rotatable bonds is 4. The number of hydrogen-bond acceptors (Lipinski definition) is 5. The zero-order valence-electron chi connectivity index (χ0n) is 12.5. The molecule has 0 spiro atoms. The Labute approximate surface area is 132 Å². The third-order valence-electron chi connectivity index (χ3n) is 3.55. The predicted octanol–water partition coefficient (Wildman–Crippen LogP) is 1.06.